The number of carbonyl (C=O) groups excluding carboxylic acids is 3. The van der Waals surface area contributed by atoms with E-state index in [0.717, 1.165) is 70.6 Å². The van der Waals surface area contributed by atoms with Gasteiger partial charge in [0.1, 0.15) is 13.2 Å². The van der Waals surface area contributed by atoms with Crippen LogP contribution in [0.15, 0.2) is 36.5 Å². The Balaban J connectivity index is 4.32. The highest BCUT2D eigenvalue weighted by Crippen LogP contribution is 2.18. The van der Waals surface area contributed by atoms with E-state index in [2.05, 4.69) is 57.2 Å². The molecule has 0 saturated carbocycles. The Morgan fingerprint density at radius 3 is 0.750 bits per heavy atom. The first-order valence-electron chi connectivity index (χ1n) is 34.0. The van der Waals surface area contributed by atoms with Crippen molar-refractivity contribution >= 4 is 17.9 Å². The summed E-state index contributed by atoms with van der Waals surface area (Å²) in [7, 11) is 0. The maximum atomic E-state index is 12.9. The number of unbranched alkanes of at least 4 members (excludes halogenated alkanes) is 46. The van der Waals surface area contributed by atoms with Crippen LogP contribution in [0.2, 0.25) is 0 Å². The van der Waals surface area contributed by atoms with Gasteiger partial charge in [0.25, 0.3) is 0 Å². The molecule has 0 aliphatic carbocycles. The van der Waals surface area contributed by atoms with Crippen molar-refractivity contribution in [3.05, 3.63) is 36.5 Å². The molecule has 0 spiro atoms. The zero-order valence-electron chi connectivity index (χ0n) is 51.3. The molecule has 1 unspecified atom stereocenters. The van der Waals surface area contributed by atoms with E-state index >= 15 is 0 Å². The Morgan fingerprint density at radius 2 is 0.474 bits per heavy atom. The number of allylic oxidation sites excluding steroid dienone is 6. The molecule has 76 heavy (non-hydrogen) atoms. The summed E-state index contributed by atoms with van der Waals surface area (Å²) in [4.78, 5) is 38.4. The van der Waals surface area contributed by atoms with Crippen LogP contribution < -0.4 is 0 Å². The Labute approximate surface area is 474 Å². The summed E-state index contributed by atoms with van der Waals surface area (Å²) >= 11 is 0. The van der Waals surface area contributed by atoms with Crippen LogP contribution in [0.3, 0.4) is 0 Å². The Bertz CT molecular complexity index is 1270. The second-order valence-electron chi connectivity index (χ2n) is 23.1. The normalized spacial score (nSPS) is 12.2. The van der Waals surface area contributed by atoms with Crippen LogP contribution in [0.4, 0.5) is 0 Å². The van der Waals surface area contributed by atoms with Crippen molar-refractivity contribution in [3.8, 4) is 0 Å². The predicted molar refractivity (Wildman–Crippen MR) is 330 cm³/mol. The zero-order valence-corrected chi connectivity index (χ0v) is 51.3. The molecule has 0 aromatic carbocycles. The van der Waals surface area contributed by atoms with Gasteiger partial charge in [-0.1, -0.05) is 314 Å². The molecule has 0 aliphatic heterocycles. The third kappa shape index (κ3) is 62.5. The van der Waals surface area contributed by atoms with E-state index in [0.29, 0.717) is 19.3 Å². The number of ether oxygens (including phenoxy) is 3. The van der Waals surface area contributed by atoms with Gasteiger partial charge >= 0.3 is 17.9 Å². The molecular weight excluding hydrogens is 937 g/mol. The van der Waals surface area contributed by atoms with Gasteiger partial charge in [-0.2, -0.15) is 0 Å². The molecule has 0 fully saturated rings. The average molecular weight is 1070 g/mol. The standard InChI is InChI=1S/C70H130O6/c1-4-7-10-13-16-19-22-25-28-31-34-35-36-37-40-42-45-48-51-54-57-60-63-69(72)75-66-67(76-70(73)64-61-58-55-52-49-46-43-39-33-30-27-24-21-18-15-12-9-6-3)65-74-68(71)62-59-56-53-50-47-44-41-38-32-29-26-23-20-17-14-11-8-5-2/h21,24,29-30,32-33,67H,4-20,22-23,25-28,31,34-66H2,1-3H3/b24-21-,32-29-,33-30-. The van der Waals surface area contributed by atoms with Crippen LogP contribution in [0, 0.1) is 0 Å². The van der Waals surface area contributed by atoms with Crippen molar-refractivity contribution in [3.63, 3.8) is 0 Å². The summed E-state index contributed by atoms with van der Waals surface area (Å²) in [5, 5.41) is 0. The summed E-state index contributed by atoms with van der Waals surface area (Å²) in [5.74, 6) is -0.857. The quantitative estimate of drug-likeness (QED) is 0.0261. The molecule has 0 bridgehead atoms. The van der Waals surface area contributed by atoms with Crippen molar-refractivity contribution in [2.24, 2.45) is 0 Å². The molecule has 0 aromatic heterocycles. The SMILES string of the molecule is CCCCCC/C=C\C/C=C\CCCCCCCCCC(=O)OC(COC(=O)CCCCCCCCC/C=C\CCCCCCCCC)COC(=O)CCCCCCCCCCCCCCCCCCCCCCCC. The minimum atomic E-state index is -0.777. The Hall–Kier alpha value is -2.37. The van der Waals surface area contributed by atoms with Gasteiger partial charge in [-0.15, -0.1) is 0 Å². The van der Waals surface area contributed by atoms with E-state index in [1.807, 2.05) is 0 Å². The van der Waals surface area contributed by atoms with E-state index < -0.39 is 6.10 Å². The molecular formula is C70H130O6. The third-order valence-electron chi connectivity index (χ3n) is 15.4. The highest BCUT2D eigenvalue weighted by molar-refractivity contribution is 5.71. The number of esters is 3. The number of rotatable bonds is 63. The fourth-order valence-electron chi connectivity index (χ4n) is 10.2. The van der Waals surface area contributed by atoms with Gasteiger partial charge in [-0.05, 0) is 77.0 Å². The summed E-state index contributed by atoms with van der Waals surface area (Å²) < 4.78 is 17.0. The van der Waals surface area contributed by atoms with Crippen LogP contribution in [0.5, 0.6) is 0 Å². The van der Waals surface area contributed by atoms with Crippen molar-refractivity contribution in [2.45, 2.75) is 380 Å². The molecule has 0 aliphatic rings. The molecule has 0 saturated heterocycles. The van der Waals surface area contributed by atoms with Gasteiger partial charge in [0.05, 0.1) is 0 Å². The van der Waals surface area contributed by atoms with Crippen molar-refractivity contribution < 1.29 is 28.6 Å². The molecule has 446 valence electrons. The van der Waals surface area contributed by atoms with Crippen LogP contribution in [0.25, 0.3) is 0 Å². The Morgan fingerprint density at radius 1 is 0.263 bits per heavy atom. The highest BCUT2D eigenvalue weighted by Gasteiger charge is 2.19. The number of carbonyl (C=O) groups is 3. The topological polar surface area (TPSA) is 78.9 Å². The maximum absolute atomic E-state index is 12.9. The second kappa shape index (κ2) is 65.2. The lowest BCUT2D eigenvalue weighted by Gasteiger charge is -2.18. The van der Waals surface area contributed by atoms with Crippen molar-refractivity contribution in [1.29, 1.82) is 0 Å². The van der Waals surface area contributed by atoms with Gasteiger partial charge in [0.15, 0.2) is 6.10 Å². The molecule has 6 heteroatoms. The number of hydrogen-bond donors (Lipinski definition) is 0. The lowest BCUT2D eigenvalue weighted by molar-refractivity contribution is -0.167. The van der Waals surface area contributed by atoms with E-state index in [4.69, 9.17) is 14.2 Å². The lowest BCUT2D eigenvalue weighted by atomic mass is 10.0. The first-order chi connectivity index (χ1) is 37.5. The van der Waals surface area contributed by atoms with Gasteiger partial charge in [0.2, 0.25) is 0 Å². The van der Waals surface area contributed by atoms with Crippen LogP contribution in [0.1, 0.15) is 374 Å². The summed E-state index contributed by atoms with van der Waals surface area (Å²) in [6.45, 7) is 6.68. The Kier molecular flexibility index (Phi) is 63.1. The first kappa shape index (κ1) is 73.6. The van der Waals surface area contributed by atoms with Gasteiger partial charge in [-0.3, -0.25) is 14.4 Å². The molecule has 0 aromatic rings. The lowest BCUT2D eigenvalue weighted by Crippen LogP contribution is -2.30. The molecule has 6 nitrogen and oxygen atoms in total. The fourth-order valence-corrected chi connectivity index (χ4v) is 10.2. The monoisotopic (exact) mass is 1070 g/mol. The second-order valence-corrected chi connectivity index (χ2v) is 23.1. The average Bonchev–Trinajstić information content (AvgIpc) is 3.42. The summed E-state index contributed by atoms with van der Waals surface area (Å²) in [6.07, 6.45) is 80.1. The van der Waals surface area contributed by atoms with Gasteiger partial charge in [0, 0.05) is 19.3 Å². The largest absolute Gasteiger partial charge is 0.462 e. The minimum absolute atomic E-state index is 0.0723. The molecule has 1 atom stereocenters. The maximum Gasteiger partial charge on any atom is 0.306 e. The zero-order chi connectivity index (χ0) is 55.0. The minimum Gasteiger partial charge on any atom is -0.462 e. The fraction of sp³-hybridized carbons (Fsp3) is 0.871. The number of hydrogen-bond acceptors (Lipinski definition) is 6. The van der Waals surface area contributed by atoms with E-state index in [1.165, 1.54) is 263 Å². The van der Waals surface area contributed by atoms with E-state index in [9.17, 15) is 14.4 Å². The van der Waals surface area contributed by atoms with Crippen LogP contribution >= 0.6 is 0 Å². The molecule has 0 heterocycles. The predicted octanol–water partition coefficient (Wildman–Crippen LogP) is 23.2. The molecule has 0 radical (unpaired) electrons. The highest BCUT2D eigenvalue weighted by atomic mass is 16.6. The first-order valence-corrected chi connectivity index (χ1v) is 34.0. The summed E-state index contributed by atoms with van der Waals surface area (Å²) in [6, 6.07) is 0. The van der Waals surface area contributed by atoms with Crippen molar-refractivity contribution in [1.82, 2.24) is 0 Å². The third-order valence-corrected chi connectivity index (χ3v) is 15.4. The van der Waals surface area contributed by atoms with Crippen LogP contribution in [-0.2, 0) is 28.6 Å². The van der Waals surface area contributed by atoms with E-state index in [-0.39, 0.29) is 31.1 Å². The molecule has 0 amide bonds. The van der Waals surface area contributed by atoms with Crippen LogP contribution in [-0.4, -0.2) is 37.2 Å². The van der Waals surface area contributed by atoms with Gasteiger partial charge in [-0.25, -0.2) is 0 Å². The van der Waals surface area contributed by atoms with Gasteiger partial charge < -0.3 is 14.2 Å². The smallest absolute Gasteiger partial charge is 0.306 e. The summed E-state index contributed by atoms with van der Waals surface area (Å²) in [5.41, 5.74) is 0. The van der Waals surface area contributed by atoms with E-state index in [1.54, 1.807) is 0 Å². The molecule has 0 rings (SSSR count). The molecule has 0 N–H and O–H groups in total. The van der Waals surface area contributed by atoms with Crippen molar-refractivity contribution in [2.75, 3.05) is 13.2 Å².